The highest BCUT2D eigenvalue weighted by molar-refractivity contribution is 8.77. The van der Waals surface area contributed by atoms with E-state index in [2.05, 4.69) is 41.2 Å². The fourth-order valence-electron chi connectivity index (χ4n) is 2.23. The van der Waals surface area contributed by atoms with Crippen molar-refractivity contribution in [3.05, 3.63) is 0 Å². The number of hydrogen-bond acceptors (Lipinski definition) is 6. The maximum Gasteiger partial charge on any atom is 0.120 e. The van der Waals surface area contributed by atoms with Crippen molar-refractivity contribution < 1.29 is 0 Å². The molecule has 100 valence electrons. The zero-order chi connectivity index (χ0) is 12.3. The Kier molecular flexibility index (Phi) is 5.45. The molecule has 0 saturated carbocycles. The molecule has 0 aromatic rings. The molecule has 4 nitrogen and oxygen atoms in total. The van der Waals surface area contributed by atoms with Crippen molar-refractivity contribution in [3.63, 3.8) is 0 Å². The normalized spacial score (nSPS) is 33.9. The van der Waals surface area contributed by atoms with E-state index in [4.69, 9.17) is 0 Å². The molecule has 2 fully saturated rings. The Bertz CT molecular complexity index is 230. The number of rotatable bonds is 2. The lowest BCUT2D eigenvalue weighted by molar-refractivity contribution is 0.164. The van der Waals surface area contributed by atoms with Gasteiger partial charge in [-0.15, -0.1) is 0 Å². The standard InChI is InChI=1S/C11H24N4S2/c1-13(2)10-12-11(17-16-10)15-8-4-6-14(3)7-5-9-15/h10-12H,4-9H2,1-3H3. The fourth-order valence-corrected chi connectivity index (χ4v) is 5.25. The molecule has 0 aromatic carbocycles. The van der Waals surface area contributed by atoms with Crippen LogP contribution in [-0.4, -0.2) is 73.0 Å². The highest BCUT2D eigenvalue weighted by Gasteiger charge is 2.31. The van der Waals surface area contributed by atoms with Gasteiger partial charge in [-0.3, -0.25) is 15.1 Å². The van der Waals surface area contributed by atoms with Gasteiger partial charge >= 0.3 is 0 Å². The molecule has 2 heterocycles. The second kappa shape index (κ2) is 6.63. The SMILES string of the molecule is CN1CCCN(C2NC(N(C)C)SS2)CCC1. The Morgan fingerprint density at radius 2 is 1.71 bits per heavy atom. The maximum absolute atomic E-state index is 3.68. The van der Waals surface area contributed by atoms with Crippen molar-refractivity contribution in [2.24, 2.45) is 0 Å². The molecule has 0 bridgehead atoms. The third-order valence-corrected chi connectivity index (χ3v) is 6.19. The number of nitrogens with zero attached hydrogens (tertiary/aromatic N) is 3. The van der Waals surface area contributed by atoms with Crippen LogP contribution in [0.3, 0.4) is 0 Å². The lowest BCUT2D eigenvalue weighted by Crippen LogP contribution is -2.48. The smallest absolute Gasteiger partial charge is 0.120 e. The van der Waals surface area contributed by atoms with Gasteiger partial charge in [0, 0.05) is 13.1 Å². The first-order chi connectivity index (χ1) is 8.16. The maximum atomic E-state index is 3.68. The molecule has 0 aliphatic carbocycles. The molecular weight excluding hydrogens is 252 g/mol. The van der Waals surface area contributed by atoms with Gasteiger partial charge in [-0.25, -0.2) is 0 Å². The van der Waals surface area contributed by atoms with Gasteiger partial charge in [-0.2, -0.15) is 0 Å². The minimum atomic E-state index is 0.457. The van der Waals surface area contributed by atoms with Crippen LogP contribution < -0.4 is 5.32 Å². The first-order valence-electron chi connectivity index (χ1n) is 6.34. The van der Waals surface area contributed by atoms with Crippen LogP contribution in [0.4, 0.5) is 0 Å². The Morgan fingerprint density at radius 1 is 1.06 bits per heavy atom. The third-order valence-electron chi connectivity index (χ3n) is 3.29. The molecule has 0 radical (unpaired) electrons. The van der Waals surface area contributed by atoms with Crippen molar-refractivity contribution in [1.82, 2.24) is 20.0 Å². The van der Waals surface area contributed by atoms with Crippen LogP contribution in [0, 0.1) is 0 Å². The predicted octanol–water partition coefficient (Wildman–Crippen LogP) is 1.13. The molecule has 2 unspecified atom stereocenters. The minimum absolute atomic E-state index is 0.457. The topological polar surface area (TPSA) is 21.8 Å². The average Bonchev–Trinajstić information content (AvgIpc) is 2.72. The molecule has 2 atom stereocenters. The van der Waals surface area contributed by atoms with E-state index < -0.39 is 0 Å². The molecule has 2 rings (SSSR count). The summed E-state index contributed by atoms with van der Waals surface area (Å²) >= 11 is 0. The minimum Gasteiger partial charge on any atom is -0.306 e. The highest BCUT2D eigenvalue weighted by Crippen LogP contribution is 2.38. The monoisotopic (exact) mass is 276 g/mol. The molecule has 1 N–H and O–H groups in total. The summed E-state index contributed by atoms with van der Waals surface area (Å²) in [6.45, 7) is 4.90. The van der Waals surface area contributed by atoms with E-state index in [9.17, 15) is 0 Å². The lowest BCUT2D eigenvalue weighted by atomic mass is 10.2. The van der Waals surface area contributed by atoms with E-state index in [1.807, 2.05) is 21.6 Å². The molecule has 2 aliphatic heterocycles. The lowest BCUT2D eigenvalue weighted by Gasteiger charge is -2.32. The summed E-state index contributed by atoms with van der Waals surface area (Å²) in [7, 11) is 10.4. The summed E-state index contributed by atoms with van der Waals surface area (Å²) in [5, 5.41) is 3.68. The molecule has 0 spiro atoms. The van der Waals surface area contributed by atoms with Crippen LogP contribution >= 0.6 is 21.6 Å². The van der Waals surface area contributed by atoms with Gasteiger partial charge in [-0.1, -0.05) is 21.6 Å². The van der Waals surface area contributed by atoms with Crippen LogP contribution in [0.2, 0.25) is 0 Å². The second-order valence-corrected chi connectivity index (χ2v) is 7.51. The predicted molar refractivity (Wildman–Crippen MR) is 77.9 cm³/mol. The van der Waals surface area contributed by atoms with Crippen LogP contribution in [0.1, 0.15) is 12.8 Å². The molecule has 2 saturated heterocycles. The van der Waals surface area contributed by atoms with E-state index >= 15 is 0 Å². The van der Waals surface area contributed by atoms with Crippen LogP contribution in [-0.2, 0) is 0 Å². The average molecular weight is 276 g/mol. The number of nitrogens with one attached hydrogen (secondary N) is 1. The molecule has 6 heteroatoms. The van der Waals surface area contributed by atoms with Crippen molar-refractivity contribution in [1.29, 1.82) is 0 Å². The zero-order valence-corrected chi connectivity index (χ0v) is 12.7. The zero-order valence-electron chi connectivity index (χ0n) is 11.1. The van der Waals surface area contributed by atoms with Crippen LogP contribution in [0.25, 0.3) is 0 Å². The third kappa shape index (κ3) is 4.01. The van der Waals surface area contributed by atoms with Crippen molar-refractivity contribution >= 4 is 21.6 Å². The Labute approximate surface area is 113 Å². The number of hydrogen-bond donors (Lipinski definition) is 1. The quantitative estimate of drug-likeness (QED) is 0.758. The summed E-state index contributed by atoms with van der Waals surface area (Å²) in [4.78, 5) is 7.30. The first-order valence-corrected chi connectivity index (χ1v) is 8.61. The van der Waals surface area contributed by atoms with Crippen molar-refractivity contribution in [3.8, 4) is 0 Å². The Hall–Kier alpha value is 0.540. The molecule has 0 aromatic heterocycles. The van der Waals surface area contributed by atoms with E-state index in [-0.39, 0.29) is 0 Å². The summed E-state index contributed by atoms with van der Waals surface area (Å²) in [5.41, 5.74) is 0.953. The Morgan fingerprint density at radius 3 is 2.24 bits per heavy atom. The summed E-state index contributed by atoms with van der Waals surface area (Å²) in [5.74, 6) is 0. The fraction of sp³-hybridized carbons (Fsp3) is 1.00. The van der Waals surface area contributed by atoms with Crippen LogP contribution in [0.15, 0.2) is 0 Å². The largest absolute Gasteiger partial charge is 0.306 e. The highest BCUT2D eigenvalue weighted by atomic mass is 33.1. The second-order valence-electron chi connectivity index (χ2n) is 5.07. The van der Waals surface area contributed by atoms with Gasteiger partial charge in [0.05, 0.1) is 0 Å². The van der Waals surface area contributed by atoms with E-state index in [0.717, 1.165) is 0 Å². The van der Waals surface area contributed by atoms with Crippen LogP contribution in [0.5, 0.6) is 0 Å². The van der Waals surface area contributed by atoms with Gasteiger partial charge in [0.25, 0.3) is 0 Å². The molecular formula is C11H24N4S2. The Balaban J connectivity index is 1.81. The summed E-state index contributed by atoms with van der Waals surface area (Å²) in [6, 6.07) is 0. The van der Waals surface area contributed by atoms with Gasteiger partial charge in [0.2, 0.25) is 0 Å². The van der Waals surface area contributed by atoms with Crippen molar-refractivity contribution in [2.75, 3.05) is 47.3 Å². The first kappa shape index (κ1) is 14.0. The van der Waals surface area contributed by atoms with Gasteiger partial charge in [-0.05, 0) is 47.1 Å². The van der Waals surface area contributed by atoms with Gasteiger partial charge in [0.15, 0.2) is 0 Å². The van der Waals surface area contributed by atoms with E-state index in [1.54, 1.807) is 0 Å². The van der Waals surface area contributed by atoms with E-state index in [0.29, 0.717) is 11.0 Å². The van der Waals surface area contributed by atoms with E-state index in [1.165, 1.54) is 39.0 Å². The summed E-state index contributed by atoms with van der Waals surface area (Å²) in [6.07, 6.45) is 2.57. The molecule has 2 aliphatic rings. The molecule has 17 heavy (non-hydrogen) atoms. The summed E-state index contributed by atoms with van der Waals surface area (Å²) < 4.78 is 0. The van der Waals surface area contributed by atoms with Gasteiger partial charge in [0.1, 0.15) is 11.0 Å². The van der Waals surface area contributed by atoms with Crippen molar-refractivity contribution in [2.45, 2.75) is 23.8 Å². The van der Waals surface area contributed by atoms with Gasteiger partial charge < -0.3 is 4.90 Å². The molecule has 0 amide bonds.